The quantitative estimate of drug-likeness (QED) is 0.864. The molecule has 3 N–H and O–H groups in total. The SMILES string of the molecule is CC(O)C1CCN(c2ncnc(N)c2Br)CC1. The molecule has 0 radical (unpaired) electrons. The molecule has 0 bridgehead atoms. The zero-order valence-corrected chi connectivity index (χ0v) is 11.4. The van der Waals surface area contributed by atoms with Gasteiger partial charge in [-0.15, -0.1) is 0 Å². The third-order valence-corrected chi connectivity index (χ3v) is 4.08. The van der Waals surface area contributed by atoms with E-state index in [9.17, 15) is 5.11 Å². The zero-order chi connectivity index (χ0) is 12.4. The van der Waals surface area contributed by atoms with Gasteiger partial charge in [0.2, 0.25) is 0 Å². The number of halogens is 1. The van der Waals surface area contributed by atoms with Gasteiger partial charge in [0.1, 0.15) is 22.4 Å². The van der Waals surface area contributed by atoms with Crippen LogP contribution in [0.3, 0.4) is 0 Å². The van der Waals surface area contributed by atoms with Crippen molar-refractivity contribution in [2.45, 2.75) is 25.9 Å². The first-order chi connectivity index (χ1) is 8.09. The molecule has 1 aromatic rings. The van der Waals surface area contributed by atoms with Crippen LogP contribution in [0.4, 0.5) is 11.6 Å². The molecule has 2 rings (SSSR count). The maximum atomic E-state index is 9.56. The smallest absolute Gasteiger partial charge is 0.148 e. The Morgan fingerprint density at radius 3 is 2.71 bits per heavy atom. The van der Waals surface area contributed by atoms with Crippen molar-refractivity contribution in [3.8, 4) is 0 Å². The summed E-state index contributed by atoms with van der Waals surface area (Å²) in [5.74, 6) is 1.71. The van der Waals surface area contributed by atoms with Gasteiger partial charge in [-0.25, -0.2) is 9.97 Å². The molecule has 5 nitrogen and oxygen atoms in total. The predicted molar refractivity (Wildman–Crippen MR) is 70.8 cm³/mol. The fourth-order valence-electron chi connectivity index (χ4n) is 2.19. The van der Waals surface area contributed by atoms with E-state index in [2.05, 4.69) is 30.8 Å². The third kappa shape index (κ3) is 2.69. The van der Waals surface area contributed by atoms with Crippen molar-refractivity contribution >= 4 is 27.6 Å². The van der Waals surface area contributed by atoms with Crippen molar-refractivity contribution in [1.29, 1.82) is 0 Å². The molecule has 0 amide bonds. The number of aliphatic hydroxyl groups excluding tert-OH is 1. The highest BCUT2D eigenvalue weighted by Crippen LogP contribution is 2.31. The van der Waals surface area contributed by atoms with Gasteiger partial charge in [0, 0.05) is 13.1 Å². The normalized spacial score (nSPS) is 19.4. The lowest BCUT2D eigenvalue weighted by atomic mass is 9.92. The molecule has 2 heterocycles. The predicted octanol–water partition coefficient (Wildman–Crippen LogP) is 1.42. The lowest BCUT2D eigenvalue weighted by molar-refractivity contribution is 0.109. The van der Waals surface area contributed by atoms with Crippen molar-refractivity contribution in [1.82, 2.24) is 9.97 Å². The first-order valence-electron chi connectivity index (χ1n) is 5.78. The van der Waals surface area contributed by atoms with Crippen LogP contribution in [0.2, 0.25) is 0 Å². The Bertz CT molecular complexity index is 391. The van der Waals surface area contributed by atoms with Crippen LogP contribution in [0.25, 0.3) is 0 Å². The molecule has 17 heavy (non-hydrogen) atoms. The number of nitrogens with zero attached hydrogens (tertiary/aromatic N) is 3. The second-order valence-corrected chi connectivity index (χ2v) is 5.25. The minimum atomic E-state index is -0.226. The molecule has 6 heteroatoms. The molecule has 1 saturated heterocycles. The standard InChI is InChI=1S/C11H17BrN4O/c1-7(17)8-2-4-16(5-3-8)11-9(12)10(13)14-6-15-11/h6-8,17H,2-5H2,1H3,(H2,13,14,15). The molecule has 1 aromatic heterocycles. The molecular weight excluding hydrogens is 284 g/mol. The van der Waals surface area contributed by atoms with Gasteiger partial charge < -0.3 is 15.7 Å². The minimum absolute atomic E-state index is 0.226. The van der Waals surface area contributed by atoms with Crippen LogP contribution in [0.1, 0.15) is 19.8 Å². The summed E-state index contributed by atoms with van der Waals surface area (Å²) in [6, 6.07) is 0. The number of hydrogen-bond donors (Lipinski definition) is 2. The summed E-state index contributed by atoms with van der Waals surface area (Å²) in [5.41, 5.74) is 5.74. The van der Waals surface area contributed by atoms with Crippen LogP contribution in [0, 0.1) is 5.92 Å². The number of aliphatic hydroxyl groups is 1. The van der Waals surface area contributed by atoms with Crippen molar-refractivity contribution in [3.05, 3.63) is 10.8 Å². The number of piperidine rings is 1. The monoisotopic (exact) mass is 300 g/mol. The number of hydrogen-bond acceptors (Lipinski definition) is 5. The molecule has 1 aliphatic rings. The highest BCUT2D eigenvalue weighted by molar-refractivity contribution is 9.10. The van der Waals surface area contributed by atoms with Crippen LogP contribution in [0.15, 0.2) is 10.8 Å². The van der Waals surface area contributed by atoms with Crippen molar-refractivity contribution < 1.29 is 5.11 Å². The number of nitrogens with two attached hydrogens (primary N) is 1. The molecular formula is C11H17BrN4O. The average Bonchev–Trinajstić information content (AvgIpc) is 2.33. The number of nitrogen functional groups attached to an aromatic ring is 1. The summed E-state index contributed by atoms with van der Waals surface area (Å²) < 4.78 is 0.760. The molecule has 94 valence electrons. The highest BCUT2D eigenvalue weighted by Gasteiger charge is 2.24. The Kier molecular flexibility index (Phi) is 3.83. The Morgan fingerprint density at radius 1 is 1.47 bits per heavy atom. The number of anilines is 2. The fraction of sp³-hybridized carbons (Fsp3) is 0.636. The van der Waals surface area contributed by atoms with Crippen molar-refractivity contribution in [3.63, 3.8) is 0 Å². The van der Waals surface area contributed by atoms with Crippen LogP contribution in [-0.2, 0) is 0 Å². The Labute approximate surface area is 109 Å². The molecule has 1 atom stereocenters. The minimum Gasteiger partial charge on any atom is -0.393 e. The molecule has 1 fully saturated rings. The summed E-state index contributed by atoms with van der Waals surface area (Å²) in [6.45, 7) is 3.65. The molecule has 0 aromatic carbocycles. The number of aromatic nitrogens is 2. The summed E-state index contributed by atoms with van der Waals surface area (Å²) in [7, 11) is 0. The van der Waals surface area contributed by atoms with Crippen LogP contribution < -0.4 is 10.6 Å². The number of rotatable bonds is 2. The topological polar surface area (TPSA) is 75.3 Å². The van der Waals surface area contributed by atoms with E-state index in [1.165, 1.54) is 6.33 Å². The van der Waals surface area contributed by atoms with E-state index in [1.807, 2.05) is 6.92 Å². The van der Waals surface area contributed by atoms with E-state index in [1.54, 1.807) is 0 Å². The van der Waals surface area contributed by atoms with Gasteiger partial charge in [-0.1, -0.05) is 0 Å². The molecule has 1 unspecified atom stereocenters. The average molecular weight is 301 g/mol. The third-order valence-electron chi connectivity index (χ3n) is 3.32. The fourth-order valence-corrected chi connectivity index (χ4v) is 2.64. The first-order valence-corrected chi connectivity index (χ1v) is 6.58. The van der Waals surface area contributed by atoms with E-state index in [4.69, 9.17) is 5.73 Å². The lowest BCUT2D eigenvalue weighted by Gasteiger charge is -2.34. The lowest BCUT2D eigenvalue weighted by Crippen LogP contribution is -2.37. The van der Waals surface area contributed by atoms with Crippen LogP contribution in [0.5, 0.6) is 0 Å². The van der Waals surface area contributed by atoms with Gasteiger partial charge in [0.15, 0.2) is 0 Å². The Balaban J connectivity index is 2.08. The first kappa shape index (κ1) is 12.6. The summed E-state index contributed by atoms with van der Waals surface area (Å²) in [4.78, 5) is 10.4. The molecule has 0 aliphatic carbocycles. The van der Waals surface area contributed by atoms with E-state index in [0.29, 0.717) is 11.7 Å². The summed E-state index contributed by atoms with van der Waals surface area (Å²) in [5, 5.41) is 9.56. The maximum Gasteiger partial charge on any atom is 0.148 e. The molecule has 0 spiro atoms. The maximum absolute atomic E-state index is 9.56. The van der Waals surface area contributed by atoms with Crippen molar-refractivity contribution in [2.24, 2.45) is 5.92 Å². The van der Waals surface area contributed by atoms with Gasteiger partial charge in [0.25, 0.3) is 0 Å². The summed E-state index contributed by atoms with van der Waals surface area (Å²) >= 11 is 3.42. The zero-order valence-electron chi connectivity index (χ0n) is 9.80. The van der Waals surface area contributed by atoms with Gasteiger partial charge in [-0.05, 0) is 41.6 Å². The van der Waals surface area contributed by atoms with Gasteiger partial charge >= 0.3 is 0 Å². The molecule has 0 saturated carbocycles. The van der Waals surface area contributed by atoms with Crippen LogP contribution in [-0.4, -0.2) is 34.3 Å². The molecule has 1 aliphatic heterocycles. The Morgan fingerprint density at radius 2 is 2.12 bits per heavy atom. The second kappa shape index (κ2) is 5.18. The van der Waals surface area contributed by atoms with Gasteiger partial charge in [0.05, 0.1) is 6.10 Å². The largest absolute Gasteiger partial charge is 0.393 e. The van der Waals surface area contributed by atoms with E-state index < -0.39 is 0 Å². The van der Waals surface area contributed by atoms with Crippen LogP contribution >= 0.6 is 15.9 Å². The summed E-state index contributed by atoms with van der Waals surface area (Å²) in [6.07, 6.45) is 3.22. The van der Waals surface area contributed by atoms with E-state index >= 15 is 0 Å². The van der Waals surface area contributed by atoms with E-state index in [0.717, 1.165) is 36.2 Å². The van der Waals surface area contributed by atoms with Crippen molar-refractivity contribution in [2.75, 3.05) is 23.7 Å². The second-order valence-electron chi connectivity index (χ2n) is 4.46. The Hall–Kier alpha value is -0.880. The van der Waals surface area contributed by atoms with E-state index in [-0.39, 0.29) is 6.10 Å². The highest BCUT2D eigenvalue weighted by atomic mass is 79.9. The van der Waals surface area contributed by atoms with Gasteiger partial charge in [-0.2, -0.15) is 0 Å². The van der Waals surface area contributed by atoms with Gasteiger partial charge in [-0.3, -0.25) is 0 Å².